The van der Waals surface area contributed by atoms with Crippen molar-refractivity contribution in [1.29, 1.82) is 0 Å². The molecule has 1 fully saturated rings. The second-order valence-corrected chi connectivity index (χ2v) is 4.83. The largest absolute Gasteiger partial charge is 0.313 e. The molecule has 1 atom stereocenters. The smallest absolute Gasteiger partial charge is 0.235 e. The Labute approximate surface area is 100 Å². The monoisotopic (exact) mass is 262 g/mol. The Morgan fingerprint density at radius 2 is 1.94 bits per heavy atom. The molecule has 0 aromatic heterocycles. The minimum atomic E-state index is -2.15. The van der Waals surface area contributed by atoms with Gasteiger partial charge in [0.25, 0.3) is 0 Å². The molecule has 4 nitrogen and oxygen atoms in total. The summed E-state index contributed by atoms with van der Waals surface area (Å²) in [5.74, 6) is -1.37. The topological polar surface area (TPSA) is 52.6 Å². The van der Waals surface area contributed by atoms with Crippen molar-refractivity contribution in [2.75, 3.05) is 13.1 Å². The minimum Gasteiger partial charge on any atom is -0.313 e. The van der Waals surface area contributed by atoms with Crippen LogP contribution in [0.4, 0.5) is 8.78 Å². The molecule has 1 unspecified atom stereocenters. The SMILES string of the molecule is O=S(O)N(Cc1cc(F)cc(F)c1)C1CNC1. The van der Waals surface area contributed by atoms with Crippen molar-refractivity contribution >= 4 is 11.3 Å². The zero-order chi connectivity index (χ0) is 12.4. The van der Waals surface area contributed by atoms with Crippen LogP contribution in [-0.4, -0.2) is 32.2 Å². The third-order valence-electron chi connectivity index (χ3n) is 2.63. The van der Waals surface area contributed by atoms with E-state index >= 15 is 0 Å². The Kier molecular flexibility index (Phi) is 3.82. The van der Waals surface area contributed by atoms with Gasteiger partial charge in [-0.1, -0.05) is 0 Å². The normalized spacial score (nSPS) is 18.1. The Bertz CT molecular complexity index is 420. The van der Waals surface area contributed by atoms with E-state index in [0.717, 1.165) is 18.2 Å². The lowest BCUT2D eigenvalue weighted by Gasteiger charge is -2.35. The van der Waals surface area contributed by atoms with E-state index in [1.807, 2.05) is 0 Å². The third kappa shape index (κ3) is 3.06. The summed E-state index contributed by atoms with van der Waals surface area (Å²) >= 11 is -2.15. The fourth-order valence-corrected chi connectivity index (χ4v) is 2.33. The lowest BCUT2D eigenvalue weighted by Crippen LogP contribution is -2.57. The van der Waals surface area contributed by atoms with Gasteiger partial charge in [0.15, 0.2) is 0 Å². The highest BCUT2D eigenvalue weighted by Gasteiger charge is 2.28. The summed E-state index contributed by atoms with van der Waals surface area (Å²) in [6, 6.07) is 3.02. The van der Waals surface area contributed by atoms with Gasteiger partial charge in [0.1, 0.15) is 11.6 Å². The maximum atomic E-state index is 13.0. The number of rotatable bonds is 4. The standard InChI is InChI=1S/C10H12F2N2O2S/c11-8-1-7(2-9(12)3-8)6-14(17(15)16)10-4-13-5-10/h1-3,10,13H,4-6H2,(H,15,16). The summed E-state index contributed by atoms with van der Waals surface area (Å²) in [5, 5.41) is 2.97. The first-order valence-electron chi connectivity index (χ1n) is 5.09. The van der Waals surface area contributed by atoms with Crippen LogP contribution < -0.4 is 5.32 Å². The van der Waals surface area contributed by atoms with Crippen LogP contribution in [0.5, 0.6) is 0 Å². The van der Waals surface area contributed by atoms with E-state index in [-0.39, 0.29) is 12.6 Å². The molecule has 94 valence electrons. The fraction of sp³-hybridized carbons (Fsp3) is 0.400. The summed E-state index contributed by atoms with van der Waals surface area (Å²) in [5.41, 5.74) is 0.344. The van der Waals surface area contributed by atoms with Crippen LogP contribution in [0, 0.1) is 11.6 Å². The van der Waals surface area contributed by atoms with Crippen molar-refractivity contribution in [1.82, 2.24) is 9.62 Å². The molecular formula is C10H12F2N2O2S. The van der Waals surface area contributed by atoms with Crippen molar-refractivity contribution in [2.45, 2.75) is 12.6 Å². The highest BCUT2D eigenvalue weighted by Crippen LogP contribution is 2.15. The highest BCUT2D eigenvalue weighted by molar-refractivity contribution is 7.76. The van der Waals surface area contributed by atoms with Gasteiger partial charge in [-0.05, 0) is 17.7 Å². The zero-order valence-electron chi connectivity index (χ0n) is 8.90. The molecule has 0 saturated carbocycles. The molecule has 0 amide bonds. The maximum Gasteiger partial charge on any atom is 0.235 e. The van der Waals surface area contributed by atoms with E-state index in [0.29, 0.717) is 18.7 Å². The quantitative estimate of drug-likeness (QED) is 0.792. The molecule has 1 aromatic carbocycles. The Balaban J connectivity index is 2.13. The Morgan fingerprint density at radius 3 is 2.35 bits per heavy atom. The first-order valence-corrected chi connectivity index (χ1v) is 6.16. The van der Waals surface area contributed by atoms with E-state index < -0.39 is 22.9 Å². The molecule has 1 aliphatic heterocycles. The summed E-state index contributed by atoms with van der Waals surface area (Å²) in [6.07, 6.45) is 0. The van der Waals surface area contributed by atoms with Gasteiger partial charge in [0.05, 0.1) is 0 Å². The van der Waals surface area contributed by atoms with Crippen LogP contribution in [0.25, 0.3) is 0 Å². The average Bonchev–Trinajstić information content (AvgIpc) is 2.11. The maximum absolute atomic E-state index is 13.0. The number of hydrogen-bond acceptors (Lipinski definition) is 2. The molecule has 0 spiro atoms. The molecule has 1 saturated heterocycles. The predicted octanol–water partition coefficient (Wildman–Crippen LogP) is 0.875. The molecule has 2 N–H and O–H groups in total. The van der Waals surface area contributed by atoms with Crippen molar-refractivity contribution in [2.24, 2.45) is 0 Å². The van der Waals surface area contributed by atoms with Crippen LogP contribution in [0.2, 0.25) is 0 Å². The summed E-state index contributed by atoms with van der Waals surface area (Å²) in [6.45, 7) is 1.25. The van der Waals surface area contributed by atoms with Crippen molar-refractivity contribution in [3.8, 4) is 0 Å². The van der Waals surface area contributed by atoms with Gasteiger partial charge < -0.3 is 5.32 Å². The fourth-order valence-electron chi connectivity index (χ4n) is 1.67. The first-order chi connectivity index (χ1) is 8.06. The van der Waals surface area contributed by atoms with Gasteiger partial charge in [-0.3, -0.25) is 4.55 Å². The molecule has 2 rings (SSSR count). The van der Waals surface area contributed by atoms with Crippen LogP contribution in [0.1, 0.15) is 5.56 Å². The first kappa shape index (κ1) is 12.6. The minimum absolute atomic E-state index is 0.0458. The number of nitrogens with zero attached hydrogens (tertiary/aromatic N) is 1. The van der Waals surface area contributed by atoms with Crippen molar-refractivity contribution < 1.29 is 17.5 Å². The Hall–Kier alpha value is -0.890. The lowest BCUT2D eigenvalue weighted by molar-refractivity contribution is 0.232. The molecule has 1 aromatic rings. The third-order valence-corrected chi connectivity index (χ3v) is 3.46. The number of benzene rings is 1. The van der Waals surface area contributed by atoms with E-state index in [9.17, 15) is 13.0 Å². The van der Waals surface area contributed by atoms with Gasteiger partial charge >= 0.3 is 0 Å². The molecule has 1 heterocycles. The summed E-state index contributed by atoms with van der Waals surface area (Å²) in [4.78, 5) is 0. The van der Waals surface area contributed by atoms with E-state index in [4.69, 9.17) is 4.55 Å². The molecular weight excluding hydrogens is 250 g/mol. The lowest BCUT2D eigenvalue weighted by atomic mass is 10.1. The van der Waals surface area contributed by atoms with Gasteiger partial charge in [-0.15, -0.1) is 0 Å². The number of hydrogen-bond donors (Lipinski definition) is 2. The van der Waals surface area contributed by atoms with Crippen LogP contribution in [-0.2, 0) is 17.8 Å². The molecule has 7 heteroatoms. The highest BCUT2D eigenvalue weighted by atomic mass is 32.2. The Morgan fingerprint density at radius 1 is 1.35 bits per heavy atom. The molecule has 0 radical (unpaired) electrons. The van der Waals surface area contributed by atoms with E-state index in [2.05, 4.69) is 5.32 Å². The second kappa shape index (κ2) is 5.18. The number of halogens is 2. The predicted molar refractivity (Wildman–Crippen MR) is 59.3 cm³/mol. The molecule has 17 heavy (non-hydrogen) atoms. The van der Waals surface area contributed by atoms with Crippen molar-refractivity contribution in [3.63, 3.8) is 0 Å². The summed E-state index contributed by atoms with van der Waals surface area (Å²) < 4.78 is 47.5. The van der Waals surface area contributed by atoms with Gasteiger partial charge in [0.2, 0.25) is 11.3 Å². The van der Waals surface area contributed by atoms with Gasteiger partial charge in [0, 0.05) is 31.7 Å². The molecule has 0 bridgehead atoms. The van der Waals surface area contributed by atoms with Gasteiger partial charge in [-0.25, -0.2) is 13.0 Å². The second-order valence-electron chi connectivity index (χ2n) is 3.90. The zero-order valence-corrected chi connectivity index (χ0v) is 9.71. The molecule has 1 aliphatic rings. The van der Waals surface area contributed by atoms with Crippen LogP contribution >= 0.6 is 0 Å². The van der Waals surface area contributed by atoms with Crippen LogP contribution in [0.3, 0.4) is 0 Å². The summed E-state index contributed by atoms with van der Waals surface area (Å²) in [7, 11) is 0. The van der Waals surface area contributed by atoms with E-state index in [1.165, 1.54) is 4.31 Å². The number of nitrogens with one attached hydrogen (secondary N) is 1. The average molecular weight is 262 g/mol. The van der Waals surface area contributed by atoms with Crippen molar-refractivity contribution in [3.05, 3.63) is 35.4 Å². The molecule has 0 aliphatic carbocycles. The van der Waals surface area contributed by atoms with E-state index in [1.54, 1.807) is 0 Å². The van der Waals surface area contributed by atoms with Gasteiger partial charge in [-0.2, -0.15) is 4.31 Å². The van der Waals surface area contributed by atoms with Crippen LogP contribution in [0.15, 0.2) is 18.2 Å².